The van der Waals surface area contributed by atoms with Crippen LogP contribution in [0.4, 0.5) is 4.39 Å². The third-order valence-corrected chi connectivity index (χ3v) is 4.54. The SMILES string of the molecule is Cc1nnnn1CCC(=O)N1CCc2[nH]c3ccc(F)cc3c2C1. The van der Waals surface area contributed by atoms with Crippen LogP contribution in [0.15, 0.2) is 18.2 Å². The number of amides is 1. The Morgan fingerprint density at radius 2 is 2.29 bits per heavy atom. The maximum absolute atomic E-state index is 13.5. The second-order valence-corrected chi connectivity index (χ2v) is 6.04. The van der Waals surface area contributed by atoms with Gasteiger partial charge in [0.05, 0.1) is 6.54 Å². The van der Waals surface area contributed by atoms with Crippen molar-refractivity contribution >= 4 is 16.8 Å². The number of benzene rings is 1. The Labute approximate surface area is 137 Å². The van der Waals surface area contributed by atoms with Crippen molar-refractivity contribution in [2.75, 3.05) is 6.54 Å². The fraction of sp³-hybridized carbons (Fsp3) is 0.375. The first-order valence-corrected chi connectivity index (χ1v) is 7.91. The number of carbonyl (C=O) groups is 1. The number of nitrogens with one attached hydrogen (secondary N) is 1. The lowest BCUT2D eigenvalue weighted by Gasteiger charge is -2.27. The molecule has 1 N–H and O–H groups in total. The van der Waals surface area contributed by atoms with Crippen LogP contribution in [0.5, 0.6) is 0 Å². The topological polar surface area (TPSA) is 79.7 Å². The number of tetrazole rings is 1. The predicted octanol–water partition coefficient (Wildman–Crippen LogP) is 1.58. The van der Waals surface area contributed by atoms with Crippen LogP contribution in [-0.2, 0) is 24.3 Å². The number of carbonyl (C=O) groups excluding carboxylic acids is 1. The van der Waals surface area contributed by atoms with E-state index in [1.54, 1.807) is 17.7 Å². The van der Waals surface area contributed by atoms with E-state index in [0.29, 0.717) is 31.9 Å². The Kier molecular flexibility index (Phi) is 3.51. The highest BCUT2D eigenvalue weighted by atomic mass is 19.1. The van der Waals surface area contributed by atoms with Gasteiger partial charge in [-0.2, -0.15) is 0 Å². The van der Waals surface area contributed by atoms with Crippen molar-refractivity contribution < 1.29 is 9.18 Å². The number of halogens is 1. The molecule has 1 aliphatic rings. The summed E-state index contributed by atoms with van der Waals surface area (Å²) in [5.41, 5.74) is 3.03. The van der Waals surface area contributed by atoms with Gasteiger partial charge in [-0.25, -0.2) is 9.07 Å². The summed E-state index contributed by atoms with van der Waals surface area (Å²) in [7, 11) is 0. The first-order valence-electron chi connectivity index (χ1n) is 7.91. The minimum atomic E-state index is -0.262. The van der Waals surface area contributed by atoms with Gasteiger partial charge >= 0.3 is 0 Å². The zero-order valence-corrected chi connectivity index (χ0v) is 13.3. The number of aromatic nitrogens is 5. The Morgan fingerprint density at radius 3 is 3.08 bits per heavy atom. The molecule has 0 saturated heterocycles. The molecule has 2 aromatic heterocycles. The summed E-state index contributed by atoms with van der Waals surface area (Å²) in [5, 5.41) is 12.1. The largest absolute Gasteiger partial charge is 0.358 e. The van der Waals surface area contributed by atoms with Crippen molar-refractivity contribution in [1.29, 1.82) is 0 Å². The fourth-order valence-corrected chi connectivity index (χ4v) is 3.21. The van der Waals surface area contributed by atoms with Gasteiger partial charge in [0.25, 0.3) is 0 Å². The second kappa shape index (κ2) is 5.70. The first-order chi connectivity index (χ1) is 11.6. The molecule has 4 rings (SSSR count). The second-order valence-electron chi connectivity index (χ2n) is 6.04. The number of fused-ring (bicyclic) bond motifs is 3. The zero-order valence-electron chi connectivity index (χ0n) is 13.3. The molecule has 8 heteroatoms. The molecular formula is C16H17FN6O. The molecule has 0 saturated carbocycles. The Bertz CT molecular complexity index is 915. The Morgan fingerprint density at radius 1 is 1.42 bits per heavy atom. The molecule has 3 heterocycles. The van der Waals surface area contributed by atoms with E-state index in [-0.39, 0.29) is 11.7 Å². The van der Waals surface area contributed by atoms with Crippen LogP contribution < -0.4 is 0 Å². The fourth-order valence-electron chi connectivity index (χ4n) is 3.21. The van der Waals surface area contributed by atoms with E-state index in [2.05, 4.69) is 20.5 Å². The number of H-pyrrole nitrogens is 1. The van der Waals surface area contributed by atoms with Gasteiger partial charge in [-0.05, 0) is 35.5 Å². The monoisotopic (exact) mass is 328 g/mol. The molecule has 7 nitrogen and oxygen atoms in total. The van der Waals surface area contributed by atoms with Gasteiger partial charge in [-0.15, -0.1) is 5.10 Å². The van der Waals surface area contributed by atoms with Crippen molar-refractivity contribution in [3.8, 4) is 0 Å². The van der Waals surface area contributed by atoms with Gasteiger partial charge in [-0.1, -0.05) is 0 Å². The van der Waals surface area contributed by atoms with E-state index in [1.807, 2.05) is 4.90 Å². The number of aryl methyl sites for hydroxylation is 2. The number of hydrogen-bond acceptors (Lipinski definition) is 4. The number of aromatic amines is 1. The summed E-state index contributed by atoms with van der Waals surface area (Å²) in [6.45, 7) is 3.43. The van der Waals surface area contributed by atoms with Crippen molar-refractivity contribution in [1.82, 2.24) is 30.1 Å². The van der Waals surface area contributed by atoms with Crippen molar-refractivity contribution in [3.63, 3.8) is 0 Å². The maximum Gasteiger partial charge on any atom is 0.224 e. The zero-order chi connectivity index (χ0) is 16.7. The van der Waals surface area contributed by atoms with Crippen LogP contribution in [0.3, 0.4) is 0 Å². The average Bonchev–Trinajstić information content (AvgIpc) is 3.15. The van der Waals surface area contributed by atoms with Gasteiger partial charge in [0, 0.05) is 48.1 Å². The number of hydrogen-bond donors (Lipinski definition) is 1. The summed E-state index contributed by atoms with van der Waals surface area (Å²) >= 11 is 0. The minimum absolute atomic E-state index is 0.0568. The third kappa shape index (κ3) is 2.53. The van der Waals surface area contributed by atoms with E-state index < -0.39 is 0 Å². The standard InChI is InChI=1S/C16H17FN6O/c1-10-19-20-21-23(10)7-5-16(24)22-6-4-15-13(9-22)12-8-11(17)2-3-14(12)18-15/h2-3,8,18H,4-7,9H2,1H3. The number of nitrogens with zero attached hydrogens (tertiary/aromatic N) is 5. The molecule has 0 atom stereocenters. The van der Waals surface area contributed by atoms with Crippen LogP contribution in [0, 0.1) is 12.7 Å². The highest BCUT2D eigenvalue weighted by Gasteiger charge is 2.24. The van der Waals surface area contributed by atoms with E-state index >= 15 is 0 Å². The lowest BCUT2D eigenvalue weighted by molar-refractivity contribution is -0.132. The molecule has 0 spiro atoms. The molecule has 1 aromatic carbocycles. The van der Waals surface area contributed by atoms with E-state index in [1.165, 1.54) is 12.1 Å². The molecule has 0 bridgehead atoms. The van der Waals surface area contributed by atoms with Crippen LogP contribution in [0.25, 0.3) is 10.9 Å². The van der Waals surface area contributed by atoms with Gasteiger partial charge in [0.2, 0.25) is 5.91 Å². The molecular weight excluding hydrogens is 311 g/mol. The summed E-state index contributed by atoms with van der Waals surface area (Å²) < 4.78 is 15.2. The molecule has 0 fully saturated rings. The molecule has 0 aliphatic carbocycles. The van der Waals surface area contributed by atoms with Gasteiger partial charge in [0.1, 0.15) is 11.6 Å². The molecule has 1 amide bonds. The highest BCUT2D eigenvalue weighted by molar-refractivity contribution is 5.86. The predicted molar refractivity (Wildman–Crippen MR) is 84.5 cm³/mol. The molecule has 0 radical (unpaired) electrons. The van der Waals surface area contributed by atoms with E-state index in [0.717, 1.165) is 28.6 Å². The van der Waals surface area contributed by atoms with Gasteiger partial charge in [-0.3, -0.25) is 4.79 Å². The smallest absolute Gasteiger partial charge is 0.224 e. The maximum atomic E-state index is 13.5. The van der Waals surface area contributed by atoms with E-state index in [9.17, 15) is 9.18 Å². The minimum Gasteiger partial charge on any atom is -0.358 e. The molecule has 24 heavy (non-hydrogen) atoms. The average molecular weight is 328 g/mol. The summed E-state index contributed by atoms with van der Waals surface area (Å²) in [4.78, 5) is 17.6. The molecule has 124 valence electrons. The normalized spacial score (nSPS) is 14.2. The summed E-state index contributed by atoms with van der Waals surface area (Å²) in [6, 6.07) is 4.72. The van der Waals surface area contributed by atoms with Gasteiger partial charge < -0.3 is 9.88 Å². The van der Waals surface area contributed by atoms with Crippen molar-refractivity contribution in [2.45, 2.75) is 32.9 Å². The molecule has 3 aromatic rings. The quantitative estimate of drug-likeness (QED) is 0.791. The molecule has 0 unspecified atom stereocenters. The van der Waals surface area contributed by atoms with Gasteiger partial charge in [0.15, 0.2) is 0 Å². The van der Waals surface area contributed by atoms with E-state index in [4.69, 9.17) is 0 Å². The highest BCUT2D eigenvalue weighted by Crippen LogP contribution is 2.28. The van der Waals surface area contributed by atoms with Crippen LogP contribution >= 0.6 is 0 Å². The summed E-state index contributed by atoms with van der Waals surface area (Å²) in [5.74, 6) is 0.485. The lowest BCUT2D eigenvalue weighted by atomic mass is 10.0. The number of rotatable bonds is 3. The van der Waals surface area contributed by atoms with Crippen LogP contribution in [0.1, 0.15) is 23.5 Å². The summed E-state index contributed by atoms with van der Waals surface area (Å²) in [6.07, 6.45) is 1.10. The van der Waals surface area contributed by atoms with Crippen LogP contribution in [0.2, 0.25) is 0 Å². The van der Waals surface area contributed by atoms with Crippen molar-refractivity contribution in [3.05, 3.63) is 41.1 Å². The third-order valence-electron chi connectivity index (χ3n) is 4.54. The lowest BCUT2D eigenvalue weighted by Crippen LogP contribution is -2.36. The Balaban J connectivity index is 1.51. The van der Waals surface area contributed by atoms with Crippen molar-refractivity contribution in [2.24, 2.45) is 0 Å². The first kappa shape index (κ1) is 14.8. The Hall–Kier alpha value is -2.77. The molecule has 1 aliphatic heterocycles. The van der Waals surface area contributed by atoms with Crippen LogP contribution in [-0.4, -0.2) is 42.5 Å².